The van der Waals surface area contributed by atoms with E-state index in [0.717, 1.165) is 23.4 Å². The molecule has 2 aliphatic rings. The van der Waals surface area contributed by atoms with E-state index in [1.807, 2.05) is 24.3 Å². The van der Waals surface area contributed by atoms with Crippen molar-refractivity contribution >= 4 is 22.0 Å². The highest BCUT2D eigenvalue weighted by Gasteiger charge is 2.54. The molecule has 1 fully saturated rings. The Morgan fingerprint density at radius 3 is 2.45 bits per heavy atom. The smallest absolute Gasteiger partial charge is 0.416 e. The summed E-state index contributed by atoms with van der Waals surface area (Å²) in [7, 11) is -4.05. The summed E-state index contributed by atoms with van der Waals surface area (Å²) < 4.78 is 65.8. The second-order valence-electron chi connectivity index (χ2n) is 7.71. The van der Waals surface area contributed by atoms with E-state index in [2.05, 4.69) is 0 Å². The van der Waals surface area contributed by atoms with Gasteiger partial charge in [-0.1, -0.05) is 28.5 Å². The fourth-order valence-corrected chi connectivity index (χ4v) is 5.86. The highest BCUT2D eigenvalue weighted by molar-refractivity contribution is 7.95. The van der Waals surface area contributed by atoms with Gasteiger partial charge in [0.15, 0.2) is 15.3 Å². The monoisotopic (exact) mass is 424 g/mol. The number of carbonyl (C=O) groups excluding carboxylic acids is 1. The molecule has 1 amide bonds. The summed E-state index contributed by atoms with van der Waals surface area (Å²) in [6, 6.07) is 11.3. The maximum atomic E-state index is 13.0. The quantitative estimate of drug-likeness (QED) is 0.693. The van der Waals surface area contributed by atoms with E-state index in [1.165, 1.54) is 17.3 Å². The second-order valence-corrected chi connectivity index (χ2v) is 9.65. The molecule has 0 bridgehead atoms. The van der Waals surface area contributed by atoms with Crippen molar-refractivity contribution in [2.24, 2.45) is 5.41 Å². The number of rotatable bonds is 2. The lowest BCUT2D eigenvalue weighted by molar-refractivity contribution is -0.137. The van der Waals surface area contributed by atoms with Crippen molar-refractivity contribution in [3.8, 4) is 0 Å². The summed E-state index contributed by atoms with van der Waals surface area (Å²) in [5.41, 5.74) is 0.354. The molecule has 1 spiro atoms. The summed E-state index contributed by atoms with van der Waals surface area (Å²) in [6.45, 7) is 2.16. The van der Waals surface area contributed by atoms with Gasteiger partial charge < -0.3 is 9.45 Å². The number of halogens is 3. The van der Waals surface area contributed by atoms with Crippen molar-refractivity contribution in [2.45, 2.75) is 24.4 Å². The highest BCUT2D eigenvalue weighted by atomic mass is 32.3. The fraction of sp³-hybridized carbons (Fsp3) is 0.350. The Hall–Kier alpha value is -2.23. The molecule has 4 rings (SSSR count). The van der Waals surface area contributed by atoms with Crippen LogP contribution in [0.4, 0.5) is 18.9 Å². The third-order valence-electron chi connectivity index (χ3n) is 5.54. The normalized spacial score (nSPS) is 20.7. The van der Waals surface area contributed by atoms with Crippen molar-refractivity contribution in [3.63, 3.8) is 0 Å². The molecular formula is C20H19F3N2O3S. The van der Waals surface area contributed by atoms with Gasteiger partial charge in [0, 0.05) is 30.6 Å². The number of amides is 1. The third-order valence-corrected chi connectivity index (χ3v) is 7.33. The van der Waals surface area contributed by atoms with Crippen LogP contribution < -0.4 is 4.90 Å². The standard InChI is InChI=1S/C20H19F3N2O3S/c1-14(26)25-13-19(10-15-5-2-3-8-18(15)25)11-24(12-19)29(27,28)17-7-4-6-16(9-17)20(21,22)23/h2-9H,10-13H2,1H3. The van der Waals surface area contributed by atoms with Gasteiger partial charge in [-0.2, -0.15) is 13.2 Å². The van der Waals surface area contributed by atoms with Crippen molar-refractivity contribution < 1.29 is 26.7 Å². The Bertz CT molecular complexity index is 1020. The number of sulfonamides is 1. The van der Waals surface area contributed by atoms with E-state index in [4.69, 9.17) is 0 Å². The Balaban J connectivity index is 1.58. The molecule has 5 nitrogen and oxygen atoms in total. The van der Waals surface area contributed by atoms with Crippen LogP contribution >= 0.6 is 0 Å². The number of fused-ring (bicyclic) bond motifs is 1. The first-order chi connectivity index (χ1) is 13.5. The number of carbonyl (C=O) groups is 1. The molecular weight excluding hydrogens is 405 g/mol. The lowest BCUT2D eigenvalue weighted by Gasteiger charge is -2.53. The molecule has 0 radical (unpaired) electrons. The Labute approximate surface area is 167 Å². The van der Waals surface area contributed by atoms with Gasteiger partial charge in [0.25, 0.3) is 0 Å². The van der Waals surface area contributed by atoms with Gasteiger partial charge >= 0.3 is 6.18 Å². The number of benzene rings is 2. The van der Waals surface area contributed by atoms with Crippen LogP contribution in [-0.2, 0) is 32.0 Å². The highest BCUT2D eigenvalue weighted by Crippen LogP contribution is 2.45. The number of hydrogen-bond acceptors (Lipinski definition) is 3. The molecule has 2 heterocycles. The van der Waals surface area contributed by atoms with Crippen LogP contribution in [0.1, 0.15) is 18.1 Å². The molecule has 29 heavy (non-hydrogen) atoms. The SMILES string of the molecule is CC(=O)N1CC2(Cc3ccccc31)CN([S+](=O)([O-])c1cccc(C(F)(F)F)c1)C2. The second kappa shape index (κ2) is 6.65. The minimum Gasteiger partial charge on any atom is -0.593 e. The number of para-hydroxylation sites is 1. The zero-order valence-electron chi connectivity index (χ0n) is 15.6. The predicted molar refractivity (Wildman–Crippen MR) is 101 cm³/mol. The first-order valence-corrected chi connectivity index (χ1v) is 10.5. The average molecular weight is 424 g/mol. The van der Waals surface area contributed by atoms with Crippen LogP contribution in [-0.4, -0.2) is 34.4 Å². The molecule has 0 N–H and O–H groups in total. The van der Waals surface area contributed by atoms with Crippen molar-refractivity contribution in [1.29, 1.82) is 0 Å². The van der Waals surface area contributed by atoms with Gasteiger partial charge in [-0.3, -0.25) is 4.79 Å². The molecule has 1 saturated heterocycles. The molecule has 2 aromatic carbocycles. The maximum absolute atomic E-state index is 13.0. The Kier molecular flexibility index (Phi) is 4.60. The molecule has 0 aromatic heterocycles. The molecule has 2 aromatic rings. The van der Waals surface area contributed by atoms with Crippen molar-refractivity contribution in [2.75, 3.05) is 24.5 Å². The van der Waals surface area contributed by atoms with Crippen molar-refractivity contribution in [3.05, 3.63) is 59.7 Å². The van der Waals surface area contributed by atoms with Crippen LogP contribution in [0.25, 0.3) is 0 Å². The Morgan fingerprint density at radius 1 is 1.10 bits per heavy atom. The summed E-state index contributed by atoms with van der Waals surface area (Å²) in [6.07, 6.45) is -4.00. The molecule has 1 atom stereocenters. The topological polar surface area (TPSA) is 63.7 Å². The van der Waals surface area contributed by atoms with Gasteiger partial charge in [-0.25, -0.2) is 0 Å². The molecule has 154 valence electrons. The zero-order valence-corrected chi connectivity index (χ0v) is 16.4. The third kappa shape index (κ3) is 3.47. The number of alkyl halides is 3. The fourth-order valence-electron chi connectivity index (χ4n) is 4.15. The number of nitrogens with zero attached hydrogens (tertiary/aromatic N) is 2. The van der Waals surface area contributed by atoms with Gasteiger partial charge in [0.05, 0.1) is 18.7 Å². The molecule has 0 saturated carbocycles. The number of hydrogen-bond donors (Lipinski definition) is 0. The van der Waals surface area contributed by atoms with E-state index in [0.29, 0.717) is 19.0 Å². The lowest BCUT2D eigenvalue weighted by atomic mass is 9.73. The predicted octanol–water partition coefficient (Wildman–Crippen LogP) is 3.52. The van der Waals surface area contributed by atoms with Crippen LogP contribution in [0.3, 0.4) is 0 Å². The summed E-state index contributed by atoms with van der Waals surface area (Å²) in [5.74, 6) is -0.129. The van der Waals surface area contributed by atoms with E-state index < -0.39 is 27.6 Å². The van der Waals surface area contributed by atoms with Crippen LogP contribution in [0, 0.1) is 5.41 Å². The van der Waals surface area contributed by atoms with Crippen LogP contribution in [0.2, 0.25) is 0 Å². The molecule has 9 heteroatoms. The summed E-state index contributed by atoms with van der Waals surface area (Å²) in [5, 5.41) is 0. The van der Waals surface area contributed by atoms with Gasteiger partial charge in [0.1, 0.15) is 0 Å². The van der Waals surface area contributed by atoms with Gasteiger partial charge in [-0.15, -0.1) is 4.31 Å². The average Bonchev–Trinajstić information content (AvgIpc) is 2.64. The van der Waals surface area contributed by atoms with E-state index in [9.17, 15) is 26.7 Å². The van der Waals surface area contributed by atoms with Gasteiger partial charge in [0.2, 0.25) is 5.91 Å². The van der Waals surface area contributed by atoms with E-state index >= 15 is 0 Å². The van der Waals surface area contributed by atoms with Crippen LogP contribution in [0.15, 0.2) is 53.4 Å². The van der Waals surface area contributed by atoms with Crippen molar-refractivity contribution in [1.82, 2.24) is 4.31 Å². The van der Waals surface area contributed by atoms with Gasteiger partial charge in [-0.05, 0) is 30.2 Å². The largest absolute Gasteiger partial charge is 0.593 e. The van der Waals surface area contributed by atoms with Crippen LogP contribution in [0.5, 0.6) is 0 Å². The summed E-state index contributed by atoms with van der Waals surface area (Å²) >= 11 is 0. The first-order valence-electron chi connectivity index (χ1n) is 9.05. The Morgan fingerprint density at radius 2 is 1.79 bits per heavy atom. The minimum atomic E-state index is -4.61. The number of anilines is 1. The molecule has 0 aliphatic carbocycles. The first kappa shape index (κ1) is 20.1. The minimum absolute atomic E-state index is 0.129. The zero-order chi connectivity index (χ0) is 21.0. The lowest BCUT2D eigenvalue weighted by Crippen LogP contribution is -2.66. The molecule has 1 unspecified atom stereocenters. The molecule has 2 aliphatic heterocycles. The summed E-state index contributed by atoms with van der Waals surface area (Å²) in [4.78, 5) is 13.4. The maximum Gasteiger partial charge on any atom is 0.416 e. The van der Waals surface area contributed by atoms with E-state index in [-0.39, 0.29) is 23.9 Å². The van der Waals surface area contributed by atoms with E-state index in [1.54, 1.807) is 4.90 Å².